The number of carbonyl (C=O) groups excluding carboxylic acids is 1. The topological polar surface area (TPSA) is 73.9 Å². The number of esters is 1. The number of ether oxygens (including phenoxy) is 2. The summed E-state index contributed by atoms with van der Waals surface area (Å²) in [5.41, 5.74) is 0. The first-order chi connectivity index (χ1) is 10.7. The van der Waals surface area contributed by atoms with E-state index in [0.29, 0.717) is 5.02 Å². The third kappa shape index (κ3) is 6.69. The predicted molar refractivity (Wildman–Crippen MR) is 90.4 cm³/mol. The van der Waals surface area contributed by atoms with Gasteiger partial charge in [0.15, 0.2) is 0 Å². The van der Waals surface area contributed by atoms with Crippen LogP contribution in [-0.4, -0.2) is 31.6 Å². The molecule has 0 radical (unpaired) electrons. The van der Waals surface area contributed by atoms with Crippen LogP contribution in [0.2, 0.25) is 10.0 Å². The molecule has 0 saturated heterocycles. The minimum Gasteiger partial charge on any atom is -0.462 e. The highest BCUT2D eigenvalue weighted by Crippen LogP contribution is 2.44. The Morgan fingerprint density at radius 2 is 1.91 bits per heavy atom. The summed E-state index contributed by atoms with van der Waals surface area (Å²) < 4.78 is 28.3. The normalized spacial score (nSPS) is 15.1. The number of hydrogen-bond acceptors (Lipinski definition) is 5. The number of rotatable bonds is 8. The summed E-state index contributed by atoms with van der Waals surface area (Å²) in [6, 6.07) is 3.65. The lowest BCUT2D eigenvalue weighted by Crippen LogP contribution is -2.36. The first-order valence-corrected chi connectivity index (χ1v) is 9.44. The highest BCUT2D eigenvalue weighted by Gasteiger charge is 2.31. The molecule has 0 heterocycles. The largest absolute Gasteiger partial charge is 0.462 e. The summed E-state index contributed by atoms with van der Waals surface area (Å²) in [6.45, 7) is 4.99. The second-order valence-corrected chi connectivity index (χ2v) is 7.96. The average Bonchev–Trinajstić information content (AvgIpc) is 2.42. The van der Waals surface area contributed by atoms with Crippen LogP contribution in [0.3, 0.4) is 0 Å². The van der Waals surface area contributed by atoms with E-state index in [4.69, 9.17) is 37.2 Å². The highest BCUT2D eigenvalue weighted by atomic mass is 35.5. The van der Waals surface area contributed by atoms with Crippen LogP contribution in [0, 0.1) is 0 Å². The Morgan fingerprint density at radius 3 is 2.43 bits per heavy atom. The maximum absolute atomic E-state index is 12.8. The van der Waals surface area contributed by atoms with E-state index in [-0.39, 0.29) is 23.2 Å². The zero-order valence-electron chi connectivity index (χ0n) is 13.3. The molecule has 2 atom stereocenters. The lowest BCUT2D eigenvalue weighted by Gasteiger charge is -2.23. The van der Waals surface area contributed by atoms with Crippen LogP contribution in [0.25, 0.3) is 0 Å². The Hall–Kier alpha value is -0.780. The van der Waals surface area contributed by atoms with Gasteiger partial charge in [-0.3, -0.25) is 9.36 Å². The zero-order chi connectivity index (χ0) is 17.6. The Bertz CT molecular complexity index is 597. The van der Waals surface area contributed by atoms with Crippen molar-refractivity contribution >= 4 is 36.7 Å². The van der Waals surface area contributed by atoms with E-state index in [0.717, 1.165) is 0 Å². The molecule has 130 valence electrons. The molecule has 1 N–H and O–H groups in total. The number of carbonyl (C=O) groups is 1. The molecule has 0 amide bonds. The van der Waals surface area contributed by atoms with Crippen LogP contribution in [0.4, 0.5) is 0 Å². The van der Waals surface area contributed by atoms with E-state index in [1.165, 1.54) is 32.2 Å². The van der Waals surface area contributed by atoms with Crippen LogP contribution in [0.15, 0.2) is 18.2 Å². The molecule has 9 heteroatoms. The molecule has 0 aliphatic heterocycles. The molecule has 1 aromatic rings. The molecule has 0 spiro atoms. The molecular formula is C14H20Cl2NO5P. The first-order valence-electron chi connectivity index (χ1n) is 6.88. The fourth-order valence-electron chi connectivity index (χ4n) is 1.65. The van der Waals surface area contributed by atoms with Crippen molar-refractivity contribution in [1.29, 1.82) is 0 Å². The molecular weight excluding hydrogens is 364 g/mol. The molecule has 0 fully saturated rings. The lowest BCUT2D eigenvalue weighted by atomic mass is 10.3. The van der Waals surface area contributed by atoms with Crippen LogP contribution in [0.5, 0.6) is 5.75 Å². The van der Waals surface area contributed by atoms with Gasteiger partial charge in [0.2, 0.25) is 0 Å². The van der Waals surface area contributed by atoms with E-state index in [1.54, 1.807) is 13.8 Å². The monoisotopic (exact) mass is 383 g/mol. The summed E-state index contributed by atoms with van der Waals surface area (Å²) in [5.74, 6) is -0.286. The van der Waals surface area contributed by atoms with Gasteiger partial charge >= 0.3 is 13.5 Å². The molecule has 23 heavy (non-hydrogen) atoms. The van der Waals surface area contributed by atoms with Crippen LogP contribution in [-0.2, 0) is 18.8 Å². The minimum atomic E-state index is -3.50. The van der Waals surface area contributed by atoms with Crippen LogP contribution < -0.4 is 9.61 Å². The fraction of sp³-hybridized carbons (Fsp3) is 0.500. The second kappa shape index (κ2) is 8.90. The summed E-state index contributed by atoms with van der Waals surface area (Å²) >= 11 is 11.7. The summed E-state index contributed by atoms with van der Waals surface area (Å²) in [4.78, 5) is 11.8. The Morgan fingerprint density at radius 1 is 1.26 bits per heavy atom. The van der Waals surface area contributed by atoms with Gasteiger partial charge in [-0.05, 0) is 32.9 Å². The van der Waals surface area contributed by atoms with Crippen molar-refractivity contribution in [2.75, 3.05) is 13.5 Å². The second-order valence-electron chi connectivity index (χ2n) is 5.09. The van der Waals surface area contributed by atoms with Gasteiger partial charge in [-0.1, -0.05) is 23.2 Å². The predicted octanol–water partition coefficient (Wildman–Crippen LogP) is 4.10. The van der Waals surface area contributed by atoms with Gasteiger partial charge in [-0.25, -0.2) is 5.09 Å². The van der Waals surface area contributed by atoms with Crippen molar-refractivity contribution in [3.8, 4) is 5.75 Å². The molecule has 1 aromatic carbocycles. The van der Waals surface area contributed by atoms with Crippen molar-refractivity contribution in [1.82, 2.24) is 5.09 Å². The van der Waals surface area contributed by atoms with E-state index in [1.807, 2.05) is 0 Å². The van der Waals surface area contributed by atoms with E-state index >= 15 is 0 Å². The average molecular weight is 384 g/mol. The van der Waals surface area contributed by atoms with Crippen molar-refractivity contribution < 1.29 is 23.4 Å². The SMILES string of the molecule is COCP(=O)(N[C@@H](C)C(=O)OC(C)C)Oc1ccc(Cl)c(Cl)c1. The molecule has 6 nitrogen and oxygen atoms in total. The van der Waals surface area contributed by atoms with Crippen molar-refractivity contribution in [2.45, 2.75) is 32.9 Å². The van der Waals surface area contributed by atoms with Gasteiger partial charge in [0.25, 0.3) is 0 Å². The summed E-state index contributed by atoms with van der Waals surface area (Å²) in [6.07, 6.45) is -0.503. The molecule has 1 unspecified atom stereocenters. The maximum Gasteiger partial charge on any atom is 0.342 e. The molecule has 1 rings (SSSR count). The Balaban J connectivity index is 2.87. The quantitative estimate of drug-likeness (QED) is 0.538. The van der Waals surface area contributed by atoms with Gasteiger partial charge in [0, 0.05) is 13.2 Å². The molecule has 0 aromatic heterocycles. The molecule has 0 aliphatic carbocycles. The van der Waals surface area contributed by atoms with Crippen molar-refractivity contribution in [2.24, 2.45) is 0 Å². The smallest absolute Gasteiger partial charge is 0.342 e. The number of nitrogens with one attached hydrogen (secondary N) is 1. The van der Waals surface area contributed by atoms with Gasteiger partial charge in [0.1, 0.15) is 18.1 Å². The maximum atomic E-state index is 12.8. The van der Waals surface area contributed by atoms with Gasteiger partial charge in [-0.15, -0.1) is 0 Å². The fourth-order valence-corrected chi connectivity index (χ4v) is 3.60. The van der Waals surface area contributed by atoms with Crippen molar-refractivity contribution in [3.63, 3.8) is 0 Å². The Labute approximate surface area is 145 Å². The third-order valence-electron chi connectivity index (χ3n) is 2.54. The molecule has 0 bridgehead atoms. The number of hydrogen-bond donors (Lipinski definition) is 1. The van der Waals surface area contributed by atoms with Crippen molar-refractivity contribution in [3.05, 3.63) is 28.2 Å². The minimum absolute atomic E-state index is 0.230. The lowest BCUT2D eigenvalue weighted by molar-refractivity contribution is -0.149. The number of methoxy groups -OCH3 is 1. The first kappa shape index (κ1) is 20.3. The molecule has 0 aliphatic rings. The van der Waals surface area contributed by atoms with E-state index in [2.05, 4.69) is 5.09 Å². The highest BCUT2D eigenvalue weighted by molar-refractivity contribution is 7.57. The van der Waals surface area contributed by atoms with Crippen LogP contribution >= 0.6 is 30.7 Å². The van der Waals surface area contributed by atoms with Gasteiger partial charge in [-0.2, -0.15) is 0 Å². The Kier molecular flexibility index (Phi) is 7.84. The summed E-state index contributed by atoms with van der Waals surface area (Å²) in [7, 11) is -2.13. The van der Waals surface area contributed by atoms with Crippen LogP contribution in [0.1, 0.15) is 20.8 Å². The standard InChI is InChI=1S/C14H20Cl2NO5P/c1-9(2)21-14(18)10(3)17-23(19,8-20-4)22-11-5-6-12(15)13(16)7-11/h5-7,9-10H,8H2,1-4H3,(H,17,19)/t10-,23?/m0/s1. The zero-order valence-corrected chi connectivity index (χ0v) is 15.7. The number of halogens is 2. The van der Waals surface area contributed by atoms with Gasteiger partial charge in [0.05, 0.1) is 16.1 Å². The number of benzene rings is 1. The van der Waals surface area contributed by atoms with Gasteiger partial charge < -0.3 is 14.0 Å². The van der Waals surface area contributed by atoms with E-state index < -0.39 is 19.5 Å². The third-order valence-corrected chi connectivity index (χ3v) is 5.16. The summed E-state index contributed by atoms with van der Waals surface area (Å²) in [5, 5.41) is 3.25. The van der Waals surface area contributed by atoms with E-state index in [9.17, 15) is 9.36 Å². The molecule has 0 saturated carbocycles.